The summed E-state index contributed by atoms with van der Waals surface area (Å²) < 4.78 is 7.62. The van der Waals surface area contributed by atoms with Crippen LogP contribution in [0.4, 0.5) is 0 Å². The topological polar surface area (TPSA) is 88.2 Å². The third-order valence-corrected chi connectivity index (χ3v) is 6.23. The number of aromatic nitrogens is 2. The number of hydrogen-bond donors (Lipinski definition) is 3. The number of aromatic amines is 1. The number of methoxy groups -OCH3 is 1. The number of pyridine rings is 1. The van der Waals surface area contributed by atoms with Crippen LogP contribution in [0.15, 0.2) is 35.1 Å². The fourth-order valence-electron chi connectivity index (χ4n) is 4.57. The minimum Gasteiger partial charge on any atom is -0.496 e. The number of H-pyrrole nitrogens is 1. The van der Waals surface area contributed by atoms with Crippen LogP contribution in [0.3, 0.4) is 0 Å². The molecule has 3 N–H and O–H groups in total. The number of carbonyl (C=O) groups excluding carboxylic acids is 1. The Kier molecular flexibility index (Phi) is 6.13. The molecule has 2 aromatic heterocycles. The lowest BCUT2D eigenvalue weighted by Gasteiger charge is -2.24. The molecule has 0 spiro atoms. The number of nitrogens with zero attached hydrogens (tertiary/aromatic N) is 1. The van der Waals surface area contributed by atoms with Crippen LogP contribution in [0, 0.1) is 19.8 Å². The van der Waals surface area contributed by atoms with E-state index in [1.807, 2.05) is 25.1 Å². The van der Waals surface area contributed by atoms with E-state index in [9.17, 15) is 9.59 Å². The fourth-order valence-corrected chi connectivity index (χ4v) is 4.57. The minimum absolute atomic E-state index is 0.102. The van der Waals surface area contributed by atoms with Crippen molar-refractivity contribution < 1.29 is 9.53 Å². The highest BCUT2D eigenvalue weighted by Crippen LogP contribution is 2.28. The van der Waals surface area contributed by atoms with E-state index in [1.165, 1.54) is 7.11 Å². The van der Waals surface area contributed by atoms with Crippen LogP contribution in [-0.2, 0) is 13.1 Å². The number of ether oxygens (including phenoxy) is 1. The van der Waals surface area contributed by atoms with Gasteiger partial charge in [0, 0.05) is 28.8 Å². The summed E-state index contributed by atoms with van der Waals surface area (Å²) in [4.78, 5) is 28.4. The number of fused-ring (bicyclic) bond motifs is 1. The summed E-state index contributed by atoms with van der Waals surface area (Å²) in [6.45, 7) is 6.91. The number of para-hydroxylation sites is 1. The quantitative estimate of drug-likeness (QED) is 0.570. The average Bonchev–Trinajstić information content (AvgIpc) is 3.04. The first-order valence-corrected chi connectivity index (χ1v) is 10.8. The van der Waals surface area contributed by atoms with Gasteiger partial charge in [0.2, 0.25) is 0 Å². The fraction of sp³-hybridized carbons (Fsp3) is 0.417. The van der Waals surface area contributed by atoms with Crippen molar-refractivity contribution >= 4 is 16.8 Å². The van der Waals surface area contributed by atoms with Crippen molar-refractivity contribution in [1.29, 1.82) is 0 Å². The summed E-state index contributed by atoms with van der Waals surface area (Å²) in [6, 6.07) is 9.81. The maximum atomic E-state index is 13.2. The molecule has 4 rings (SSSR count). The number of nitrogens with one attached hydrogen (secondary N) is 3. The lowest BCUT2D eigenvalue weighted by molar-refractivity contribution is 0.0951. The van der Waals surface area contributed by atoms with Crippen LogP contribution in [0.5, 0.6) is 5.75 Å². The van der Waals surface area contributed by atoms with Gasteiger partial charge >= 0.3 is 0 Å². The van der Waals surface area contributed by atoms with E-state index in [1.54, 1.807) is 13.0 Å². The molecule has 0 bridgehead atoms. The summed E-state index contributed by atoms with van der Waals surface area (Å²) >= 11 is 0. The molecule has 1 aromatic carbocycles. The van der Waals surface area contributed by atoms with Crippen molar-refractivity contribution in [3.8, 4) is 5.75 Å². The largest absolute Gasteiger partial charge is 0.496 e. The van der Waals surface area contributed by atoms with E-state index in [-0.39, 0.29) is 18.0 Å². The van der Waals surface area contributed by atoms with Gasteiger partial charge in [-0.2, -0.15) is 0 Å². The van der Waals surface area contributed by atoms with Crippen molar-refractivity contribution in [2.45, 2.75) is 39.8 Å². The van der Waals surface area contributed by atoms with Crippen molar-refractivity contribution in [3.05, 3.63) is 63.2 Å². The molecule has 0 atom stereocenters. The molecular formula is C24H30N4O3. The molecule has 164 valence electrons. The summed E-state index contributed by atoms with van der Waals surface area (Å²) in [6.07, 6.45) is 2.28. The van der Waals surface area contributed by atoms with Gasteiger partial charge in [0.15, 0.2) is 0 Å². The van der Waals surface area contributed by atoms with Gasteiger partial charge in [0.25, 0.3) is 11.5 Å². The molecule has 7 nitrogen and oxygen atoms in total. The average molecular weight is 423 g/mol. The van der Waals surface area contributed by atoms with Crippen molar-refractivity contribution in [3.63, 3.8) is 0 Å². The molecule has 7 heteroatoms. The van der Waals surface area contributed by atoms with Crippen LogP contribution in [0.25, 0.3) is 10.9 Å². The first kappa shape index (κ1) is 21.2. The second kappa shape index (κ2) is 8.98. The Hall–Kier alpha value is -3.06. The van der Waals surface area contributed by atoms with E-state index in [0.717, 1.165) is 49.1 Å². The molecule has 0 unspecified atom stereocenters. The molecule has 1 fully saturated rings. The standard InChI is InChI=1S/C24H30N4O3/c1-15-12-21(31-3)19(23(29)27-15)13-26-24(30)22-16(2)28(14-17-8-10-25-11-9-17)20-7-5-4-6-18(20)22/h4-7,12,17,25H,8-11,13-14H2,1-3H3,(H,26,30)(H,27,29). The normalized spacial score (nSPS) is 14.7. The lowest BCUT2D eigenvalue weighted by Crippen LogP contribution is -2.30. The third-order valence-electron chi connectivity index (χ3n) is 6.23. The number of carbonyl (C=O) groups is 1. The Bertz CT molecular complexity index is 1160. The molecule has 0 saturated carbocycles. The Morgan fingerprint density at radius 2 is 1.97 bits per heavy atom. The van der Waals surface area contributed by atoms with Crippen molar-refractivity contribution in [2.24, 2.45) is 5.92 Å². The molecule has 3 aromatic rings. The lowest BCUT2D eigenvalue weighted by atomic mass is 9.98. The summed E-state index contributed by atoms with van der Waals surface area (Å²) in [5.41, 5.74) is 3.59. The highest BCUT2D eigenvalue weighted by atomic mass is 16.5. The van der Waals surface area contributed by atoms with Crippen molar-refractivity contribution in [1.82, 2.24) is 20.2 Å². The van der Waals surface area contributed by atoms with Gasteiger partial charge in [0.05, 0.1) is 24.8 Å². The van der Waals surface area contributed by atoms with Crippen molar-refractivity contribution in [2.75, 3.05) is 20.2 Å². The highest BCUT2D eigenvalue weighted by Gasteiger charge is 2.23. The Labute approximate surface area is 181 Å². The first-order valence-electron chi connectivity index (χ1n) is 10.8. The predicted molar refractivity (Wildman–Crippen MR) is 122 cm³/mol. The number of aryl methyl sites for hydroxylation is 1. The molecule has 0 radical (unpaired) electrons. The maximum Gasteiger partial charge on any atom is 0.256 e. The zero-order valence-electron chi connectivity index (χ0n) is 18.4. The van der Waals surface area contributed by atoms with E-state index >= 15 is 0 Å². The summed E-state index contributed by atoms with van der Waals surface area (Å²) in [5.74, 6) is 0.897. The molecule has 0 aliphatic carbocycles. The molecule has 1 amide bonds. The third kappa shape index (κ3) is 4.23. The van der Waals surface area contributed by atoms with E-state index in [2.05, 4.69) is 26.3 Å². The molecule has 1 saturated heterocycles. The summed E-state index contributed by atoms with van der Waals surface area (Å²) in [7, 11) is 1.53. The van der Waals surface area contributed by atoms with Gasteiger partial charge in [0.1, 0.15) is 5.75 Å². The van der Waals surface area contributed by atoms with Gasteiger partial charge in [-0.15, -0.1) is 0 Å². The summed E-state index contributed by atoms with van der Waals surface area (Å²) in [5, 5.41) is 7.29. The molecule has 3 heterocycles. The number of hydrogen-bond acceptors (Lipinski definition) is 4. The Morgan fingerprint density at radius 3 is 2.71 bits per heavy atom. The van der Waals surface area contributed by atoms with Gasteiger partial charge < -0.3 is 24.9 Å². The second-order valence-corrected chi connectivity index (χ2v) is 8.29. The number of rotatable bonds is 6. The van der Waals surface area contributed by atoms with Crippen LogP contribution >= 0.6 is 0 Å². The number of piperidine rings is 1. The van der Waals surface area contributed by atoms with Crippen LogP contribution in [-0.4, -0.2) is 35.7 Å². The number of benzene rings is 1. The maximum absolute atomic E-state index is 13.2. The van der Waals surface area contributed by atoms with E-state index in [0.29, 0.717) is 28.5 Å². The Morgan fingerprint density at radius 1 is 1.23 bits per heavy atom. The van der Waals surface area contributed by atoms with Gasteiger partial charge in [-0.1, -0.05) is 18.2 Å². The zero-order chi connectivity index (χ0) is 22.0. The van der Waals surface area contributed by atoms with Crippen LogP contribution in [0.1, 0.15) is 40.2 Å². The van der Waals surface area contributed by atoms with Gasteiger partial charge in [-0.05, 0) is 57.8 Å². The molecule has 1 aliphatic rings. The minimum atomic E-state index is -0.248. The van der Waals surface area contributed by atoms with Crippen LogP contribution in [0.2, 0.25) is 0 Å². The van der Waals surface area contributed by atoms with Gasteiger partial charge in [-0.25, -0.2) is 0 Å². The first-order chi connectivity index (χ1) is 15.0. The smallest absolute Gasteiger partial charge is 0.256 e. The highest BCUT2D eigenvalue weighted by molar-refractivity contribution is 6.08. The molecule has 31 heavy (non-hydrogen) atoms. The molecular weight excluding hydrogens is 392 g/mol. The molecule has 1 aliphatic heterocycles. The predicted octanol–water partition coefficient (Wildman–Crippen LogP) is 2.88. The zero-order valence-corrected chi connectivity index (χ0v) is 18.4. The monoisotopic (exact) mass is 422 g/mol. The van der Waals surface area contributed by atoms with Crippen LogP contribution < -0.4 is 20.9 Å². The number of amides is 1. The Balaban J connectivity index is 1.63. The van der Waals surface area contributed by atoms with E-state index in [4.69, 9.17) is 4.74 Å². The second-order valence-electron chi connectivity index (χ2n) is 8.29. The van der Waals surface area contributed by atoms with Gasteiger partial charge in [-0.3, -0.25) is 9.59 Å². The van der Waals surface area contributed by atoms with E-state index < -0.39 is 0 Å². The SMILES string of the molecule is COc1cc(C)[nH]c(=O)c1CNC(=O)c1c(C)n(CC2CCNCC2)c2ccccc12.